The number of hydrogen-bond donors (Lipinski definition) is 1. The molecule has 0 unspecified atom stereocenters. The van der Waals surface area contributed by atoms with E-state index in [0.29, 0.717) is 18.5 Å². The van der Waals surface area contributed by atoms with Crippen LogP contribution in [0.25, 0.3) is 10.9 Å². The number of para-hydroxylation sites is 1. The summed E-state index contributed by atoms with van der Waals surface area (Å²) in [5, 5.41) is 18.5. The molecule has 2 aromatic rings. The zero-order chi connectivity index (χ0) is 12.3. The van der Waals surface area contributed by atoms with E-state index >= 15 is 0 Å². The highest BCUT2D eigenvalue weighted by molar-refractivity contribution is 6.02. The summed E-state index contributed by atoms with van der Waals surface area (Å²) >= 11 is 0. The van der Waals surface area contributed by atoms with Gasteiger partial charge in [0, 0.05) is 24.5 Å². The Hall–Kier alpha value is -2.28. The van der Waals surface area contributed by atoms with Crippen molar-refractivity contribution in [3.8, 4) is 6.07 Å². The predicted octanol–water partition coefficient (Wildman–Crippen LogP) is 2.64. The number of benzene rings is 1. The van der Waals surface area contributed by atoms with Crippen molar-refractivity contribution in [2.45, 2.75) is 19.4 Å². The van der Waals surface area contributed by atoms with Crippen LogP contribution in [0.3, 0.4) is 0 Å². The van der Waals surface area contributed by atoms with Gasteiger partial charge in [-0.25, -0.2) is 4.79 Å². The molecule has 86 valence electrons. The molecule has 0 amide bonds. The molecule has 2 rings (SSSR count). The molecule has 4 nitrogen and oxygen atoms in total. The highest BCUT2D eigenvalue weighted by Gasteiger charge is 2.11. The second-order valence-corrected chi connectivity index (χ2v) is 3.82. The van der Waals surface area contributed by atoms with Crippen molar-refractivity contribution in [3.63, 3.8) is 0 Å². The van der Waals surface area contributed by atoms with Crippen LogP contribution in [0.4, 0.5) is 0 Å². The van der Waals surface area contributed by atoms with Gasteiger partial charge in [-0.15, -0.1) is 0 Å². The molecule has 0 bridgehead atoms. The summed E-state index contributed by atoms with van der Waals surface area (Å²) in [7, 11) is 0. The van der Waals surface area contributed by atoms with Crippen LogP contribution in [0.1, 0.15) is 23.2 Å². The number of carboxylic acids is 1. The first-order chi connectivity index (χ1) is 8.24. The second-order valence-electron chi connectivity index (χ2n) is 3.82. The number of unbranched alkanes of at least 4 members (excludes halogenated alkanes) is 1. The number of nitrogens with zero attached hydrogens (tertiary/aromatic N) is 2. The minimum atomic E-state index is -0.921. The highest BCUT2D eigenvalue weighted by Crippen LogP contribution is 2.20. The maximum atomic E-state index is 11.1. The molecule has 4 heteroatoms. The van der Waals surface area contributed by atoms with E-state index in [9.17, 15) is 4.79 Å². The van der Waals surface area contributed by atoms with Crippen molar-refractivity contribution in [1.82, 2.24) is 4.57 Å². The molecule has 0 spiro atoms. The zero-order valence-corrected chi connectivity index (χ0v) is 9.26. The molecule has 0 saturated heterocycles. The first-order valence-electron chi connectivity index (χ1n) is 5.42. The van der Waals surface area contributed by atoms with Gasteiger partial charge in [0.1, 0.15) is 0 Å². The van der Waals surface area contributed by atoms with Gasteiger partial charge in [-0.2, -0.15) is 5.26 Å². The lowest BCUT2D eigenvalue weighted by Gasteiger charge is -2.06. The van der Waals surface area contributed by atoms with Gasteiger partial charge < -0.3 is 9.67 Å². The Morgan fingerprint density at radius 3 is 2.94 bits per heavy atom. The number of aryl methyl sites for hydroxylation is 1. The van der Waals surface area contributed by atoms with E-state index in [1.54, 1.807) is 12.1 Å². The smallest absolute Gasteiger partial charge is 0.337 e. The molecule has 1 N–H and O–H groups in total. The van der Waals surface area contributed by atoms with Crippen LogP contribution >= 0.6 is 0 Å². The molecular weight excluding hydrogens is 216 g/mol. The number of carboxylic acid groups (broad SMARTS) is 1. The maximum Gasteiger partial charge on any atom is 0.337 e. The summed E-state index contributed by atoms with van der Waals surface area (Å²) in [6, 6.07) is 9.22. The Bertz CT molecular complexity index is 593. The van der Waals surface area contributed by atoms with Gasteiger partial charge in [-0.3, -0.25) is 0 Å². The van der Waals surface area contributed by atoms with E-state index in [2.05, 4.69) is 6.07 Å². The molecule has 1 aromatic carbocycles. The summed E-state index contributed by atoms with van der Waals surface area (Å²) in [5.74, 6) is -0.921. The number of aromatic carboxylic acids is 1. The van der Waals surface area contributed by atoms with Gasteiger partial charge in [0.15, 0.2) is 0 Å². The largest absolute Gasteiger partial charge is 0.478 e. The number of nitriles is 1. The standard InChI is InChI=1S/C13H12N2O2/c14-7-1-2-8-15-9-6-10-4-3-5-11(12(10)15)13(16)17/h3-6,9H,1-2,8H2,(H,16,17). The number of fused-ring (bicyclic) bond motifs is 1. The van der Waals surface area contributed by atoms with Crippen LogP contribution in [0, 0.1) is 11.3 Å². The zero-order valence-electron chi connectivity index (χ0n) is 9.26. The fourth-order valence-corrected chi connectivity index (χ4v) is 1.95. The average Bonchev–Trinajstić information content (AvgIpc) is 2.73. The van der Waals surface area contributed by atoms with Crippen LogP contribution in [0.2, 0.25) is 0 Å². The van der Waals surface area contributed by atoms with E-state index in [1.807, 2.05) is 22.9 Å². The minimum absolute atomic E-state index is 0.310. The quantitative estimate of drug-likeness (QED) is 0.818. The monoisotopic (exact) mass is 228 g/mol. The summed E-state index contributed by atoms with van der Waals surface area (Å²) in [5.41, 5.74) is 1.04. The van der Waals surface area contributed by atoms with Crippen molar-refractivity contribution < 1.29 is 9.90 Å². The molecule has 0 fully saturated rings. The number of rotatable bonds is 4. The van der Waals surface area contributed by atoms with Gasteiger partial charge in [-0.05, 0) is 18.6 Å². The summed E-state index contributed by atoms with van der Waals surface area (Å²) in [4.78, 5) is 11.1. The van der Waals surface area contributed by atoms with Crippen LogP contribution in [0.5, 0.6) is 0 Å². The lowest BCUT2D eigenvalue weighted by Crippen LogP contribution is -2.03. The van der Waals surface area contributed by atoms with Crippen molar-refractivity contribution in [2.75, 3.05) is 0 Å². The van der Waals surface area contributed by atoms with Crippen LogP contribution in [0.15, 0.2) is 30.5 Å². The normalized spacial score (nSPS) is 10.3. The third-order valence-corrected chi connectivity index (χ3v) is 2.71. The lowest BCUT2D eigenvalue weighted by molar-refractivity contribution is 0.0698. The average molecular weight is 228 g/mol. The molecule has 0 radical (unpaired) electrons. The molecule has 0 aliphatic carbocycles. The van der Waals surface area contributed by atoms with Crippen LogP contribution in [-0.4, -0.2) is 15.6 Å². The fourth-order valence-electron chi connectivity index (χ4n) is 1.95. The summed E-state index contributed by atoms with van der Waals surface area (Å²) in [6.45, 7) is 0.668. The van der Waals surface area contributed by atoms with Crippen molar-refractivity contribution in [2.24, 2.45) is 0 Å². The van der Waals surface area contributed by atoms with E-state index in [0.717, 1.165) is 17.3 Å². The summed E-state index contributed by atoms with van der Waals surface area (Å²) < 4.78 is 1.90. The Balaban J connectivity index is 2.43. The predicted molar refractivity (Wildman–Crippen MR) is 63.7 cm³/mol. The van der Waals surface area contributed by atoms with Crippen LogP contribution < -0.4 is 0 Å². The third-order valence-electron chi connectivity index (χ3n) is 2.71. The molecule has 1 aromatic heterocycles. The summed E-state index contributed by atoms with van der Waals surface area (Å²) in [6.07, 6.45) is 3.08. The molecule has 0 aliphatic heterocycles. The van der Waals surface area contributed by atoms with Gasteiger partial charge in [-0.1, -0.05) is 12.1 Å². The minimum Gasteiger partial charge on any atom is -0.478 e. The Labute approximate surface area is 98.7 Å². The number of carbonyl (C=O) groups is 1. The van der Waals surface area contributed by atoms with Crippen LogP contribution in [-0.2, 0) is 6.54 Å². The van der Waals surface area contributed by atoms with Gasteiger partial charge in [0.05, 0.1) is 17.1 Å². The lowest BCUT2D eigenvalue weighted by atomic mass is 10.1. The Kier molecular flexibility index (Phi) is 3.10. The Morgan fingerprint density at radius 2 is 2.24 bits per heavy atom. The van der Waals surface area contributed by atoms with Gasteiger partial charge >= 0.3 is 5.97 Å². The third kappa shape index (κ3) is 2.13. The Morgan fingerprint density at radius 1 is 1.41 bits per heavy atom. The van der Waals surface area contributed by atoms with E-state index in [4.69, 9.17) is 10.4 Å². The molecule has 0 atom stereocenters. The van der Waals surface area contributed by atoms with Gasteiger partial charge in [0.25, 0.3) is 0 Å². The van der Waals surface area contributed by atoms with E-state index < -0.39 is 5.97 Å². The topological polar surface area (TPSA) is 66.0 Å². The van der Waals surface area contributed by atoms with Crippen molar-refractivity contribution in [3.05, 3.63) is 36.0 Å². The second kappa shape index (κ2) is 4.71. The van der Waals surface area contributed by atoms with Gasteiger partial charge in [0.2, 0.25) is 0 Å². The molecular formula is C13H12N2O2. The maximum absolute atomic E-state index is 11.1. The number of hydrogen-bond acceptors (Lipinski definition) is 2. The van der Waals surface area contributed by atoms with Crippen molar-refractivity contribution >= 4 is 16.9 Å². The molecule has 17 heavy (non-hydrogen) atoms. The van der Waals surface area contributed by atoms with Crippen molar-refractivity contribution in [1.29, 1.82) is 5.26 Å². The first-order valence-corrected chi connectivity index (χ1v) is 5.42. The molecule has 0 saturated carbocycles. The molecule has 0 aliphatic rings. The highest BCUT2D eigenvalue weighted by atomic mass is 16.4. The number of aromatic nitrogens is 1. The van der Waals surface area contributed by atoms with E-state index in [-0.39, 0.29) is 0 Å². The molecule has 1 heterocycles. The SMILES string of the molecule is N#CCCCn1ccc2cccc(C(=O)O)c21. The van der Waals surface area contributed by atoms with E-state index in [1.165, 1.54) is 0 Å². The first kappa shape index (κ1) is 11.2. The fraction of sp³-hybridized carbons (Fsp3) is 0.231.